The molecular formula is C14H27N3OS. The summed E-state index contributed by atoms with van der Waals surface area (Å²) in [6.07, 6.45) is 2.44. The number of thiocarbonyl (C=S) groups is 1. The van der Waals surface area contributed by atoms with Gasteiger partial charge in [-0.05, 0) is 24.8 Å². The Morgan fingerprint density at radius 3 is 2.63 bits per heavy atom. The lowest BCUT2D eigenvalue weighted by atomic mass is 9.88. The van der Waals surface area contributed by atoms with Crippen LogP contribution in [0, 0.1) is 11.8 Å². The number of likely N-dealkylation sites (tertiary alicyclic amines) is 1. The van der Waals surface area contributed by atoms with E-state index < -0.39 is 0 Å². The third-order valence-electron chi connectivity index (χ3n) is 4.18. The minimum absolute atomic E-state index is 0.183. The largest absolute Gasteiger partial charge is 0.393 e. The first-order valence-corrected chi connectivity index (χ1v) is 7.55. The quantitative estimate of drug-likeness (QED) is 0.751. The smallest absolute Gasteiger partial charge is 0.223 e. The molecule has 1 aliphatic heterocycles. The van der Waals surface area contributed by atoms with E-state index in [9.17, 15) is 4.79 Å². The van der Waals surface area contributed by atoms with E-state index in [0.29, 0.717) is 24.4 Å². The van der Waals surface area contributed by atoms with E-state index in [1.54, 1.807) is 4.90 Å². The number of hydrogen-bond donors (Lipinski definition) is 1. The lowest BCUT2D eigenvalue weighted by Gasteiger charge is -2.35. The molecule has 0 aliphatic carbocycles. The lowest BCUT2D eigenvalue weighted by Crippen LogP contribution is -2.40. The number of rotatable bonds is 6. The van der Waals surface area contributed by atoms with Crippen molar-refractivity contribution in [3.8, 4) is 0 Å². The highest BCUT2D eigenvalue weighted by Crippen LogP contribution is 2.22. The first kappa shape index (κ1) is 16.4. The van der Waals surface area contributed by atoms with Crippen molar-refractivity contribution in [2.75, 3.05) is 33.2 Å². The SMILES string of the molecule is CC1CCN(CCC(=O)N(C)CCC(N)=S)CC1C. The van der Waals surface area contributed by atoms with Gasteiger partial charge in [-0.3, -0.25) is 4.79 Å². The molecule has 0 aromatic rings. The average Bonchev–Trinajstić information content (AvgIpc) is 2.36. The molecule has 0 radical (unpaired) electrons. The summed E-state index contributed by atoms with van der Waals surface area (Å²) in [7, 11) is 1.82. The Balaban J connectivity index is 2.24. The monoisotopic (exact) mass is 285 g/mol. The minimum Gasteiger partial charge on any atom is -0.393 e. The van der Waals surface area contributed by atoms with E-state index in [-0.39, 0.29) is 5.91 Å². The topological polar surface area (TPSA) is 49.6 Å². The van der Waals surface area contributed by atoms with Crippen LogP contribution in [0.1, 0.15) is 33.1 Å². The summed E-state index contributed by atoms with van der Waals surface area (Å²) < 4.78 is 0. The number of nitrogens with two attached hydrogens (primary N) is 1. The molecule has 1 amide bonds. The van der Waals surface area contributed by atoms with E-state index in [2.05, 4.69) is 18.7 Å². The van der Waals surface area contributed by atoms with Crippen LogP contribution < -0.4 is 5.73 Å². The van der Waals surface area contributed by atoms with Crippen molar-refractivity contribution in [2.45, 2.75) is 33.1 Å². The number of piperidine rings is 1. The Morgan fingerprint density at radius 2 is 2.05 bits per heavy atom. The maximum atomic E-state index is 12.0. The third-order valence-corrected chi connectivity index (χ3v) is 4.38. The summed E-state index contributed by atoms with van der Waals surface area (Å²) in [5.74, 6) is 1.72. The van der Waals surface area contributed by atoms with Crippen molar-refractivity contribution < 1.29 is 4.79 Å². The van der Waals surface area contributed by atoms with Gasteiger partial charge in [-0.2, -0.15) is 0 Å². The molecule has 1 aliphatic rings. The normalized spacial score (nSPS) is 24.2. The van der Waals surface area contributed by atoms with Crippen molar-refractivity contribution in [1.29, 1.82) is 0 Å². The van der Waals surface area contributed by atoms with Gasteiger partial charge in [-0.25, -0.2) is 0 Å². The fourth-order valence-corrected chi connectivity index (χ4v) is 2.49. The number of carbonyl (C=O) groups is 1. The molecule has 110 valence electrons. The van der Waals surface area contributed by atoms with Crippen LogP contribution in [0.5, 0.6) is 0 Å². The molecule has 1 rings (SSSR count). The Kier molecular flexibility index (Phi) is 6.72. The summed E-state index contributed by atoms with van der Waals surface area (Å²) in [6.45, 7) is 8.35. The second-order valence-corrected chi connectivity index (χ2v) is 6.35. The van der Waals surface area contributed by atoms with Crippen LogP contribution in [0.25, 0.3) is 0 Å². The van der Waals surface area contributed by atoms with Crippen LogP contribution in [0.2, 0.25) is 0 Å². The average molecular weight is 285 g/mol. The molecule has 2 N–H and O–H groups in total. The van der Waals surface area contributed by atoms with E-state index in [1.165, 1.54) is 6.42 Å². The second kappa shape index (κ2) is 7.80. The van der Waals surface area contributed by atoms with Gasteiger partial charge in [0.2, 0.25) is 5.91 Å². The summed E-state index contributed by atoms with van der Waals surface area (Å²) in [6, 6.07) is 0. The van der Waals surface area contributed by atoms with Gasteiger partial charge in [-0.15, -0.1) is 0 Å². The molecule has 5 heteroatoms. The van der Waals surface area contributed by atoms with E-state index >= 15 is 0 Å². The van der Waals surface area contributed by atoms with Crippen molar-refractivity contribution in [3.05, 3.63) is 0 Å². The molecule has 2 atom stereocenters. The summed E-state index contributed by atoms with van der Waals surface area (Å²) in [5, 5.41) is 0. The fraction of sp³-hybridized carbons (Fsp3) is 0.857. The van der Waals surface area contributed by atoms with Gasteiger partial charge in [0.15, 0.2) is 0 Å². The molecule has 1 heterocycles. The van der Waals surface area contributed by atoms with Crippen molar-refractivity contribution in [1.82, 2.24) is 9.80 Å². The first-order chi connectivity index (χ1) is 8.90. The standard InChI is InChI=1S/C14H27N3OS/c1-11-4-8-17(10-12(11)2)9-6-14(18)16(3)7-5-13(15)19/h11-12H,4-10H2,1-3H3,(H2,15,19). The van der Waals surface area contributed by atoms with Gasteiger partial charge < -0.3 is 15.5 Å². The lowest BCUT2D eigenvalue weighted by molar-refractivity contribution is -0.130. The summed E-state index contributed by atoms with van der Waals surface area (Å²) >= 11 is 4.82. The fourth-order valence-electron chi connectivity index (χ4n) is 2.40. The van der Waals surface area contributed by atoms with Crippen LogP contribution in [0.3, 0.4) is 0 Å². The highest BCUT2D eigenvalue weighted by atomic mass is 32.1. The molecule has 0 aromatic carbocycles. The predicted molar refractivity (Wildman–Crippen MR) is 83.0 cm³/mol. The van der Waals surface area contributed by atoms with Crippen LogP contribution in [0.4, 0.5) is 0 Å². The zero-order valence-corrected chi connectivity index (χ0v) is 13.2. The van der Waals surface area contributed by atoms with Crippen molar-refractivity contribution >= 4 is 23.1 Å². The summed E-state index contributed by atoms with van der Waals surface area (Å²) in [4.78, 5) is 16.6. The van der Waals surface area contributed by atoms with Crippen LogP contribution in [-0.2, 0) is 4.79 Å². The number of carbonyl (C=O) groups excluding carboxylic acids is 1. The predicted octanol–water partition coefficient (Wildman–Crippen LogP) is 1.49. The highest BCUT2D eigenvalue weighted by Gasteiger charge is 2.23. The van der Waals surface area contributed by atoms with Crippen molar-refractivity contribution in [3.63, 3.8) is 0 Å². The zero-order valence-electron chi connectivity index (χ0n) is 12.4. The summed E-state index contributed by atoms with van der Waals surface area (Å²) in [5.41, 5.74) is 5.45. The minimum atomic E-state index is 0.183. The molecule has 0 spiro atoms. The Hall–Kier alpha value is -0.680. The van der Waals surface area contributed by atoms with Crippen LogP contribution in [-0.4, -0.2) is 53.9 Å². The van der Waals surface area contributed by atoms with Gasteiger partial charge in [0.25, 0.3) is 0 Å². The Labute approximate surface area is 122 Å². The highest BCUT2D eigenvalue weighted by molar-refractivity contribution is 7.80. The zero-order chi connectivity index (χ0) is 14.4. The van der Waals surface area contributed by atoms with E-state index in [4.69, 9.17) is 18.0 Å². The maximum absolute atomic E-state index is 12.0. The van der Waals surface area contributed by atoms with Gasteiger partial charge in [0, 0.05) is 39.5 Å². The van der Waals surface area contributed by atoms with Gasteiger partial charge in [0.1, 0.15) is 0 Å². The number of nitrogens with zero attached hydrogens (tertiary/aromatic N) is 2. The second-order valence-electron chi connectivity index (χ2n) is 5.83. The molecule has 0 bridgehead atoms. The maximum Gasteiger partial charge on any atom is 0.223 e. The van der Waals surface area contributed by atoms with Gasteiger partial charge in [-0.1, -0.05) is 26.1 Å². The van der Waals surface area contributed by atoms with E-state index in [0.717, 1.165) is 31.5 Å². The van der Waals surface area contributed by atoms with Gasteiger partial charge in [0.05, 0.1) is 4.99 Å². The molecule has 2 unspecified atom stereocenters. The molecule has 19 heavy (non-hydrogen) atoms. The van der Waals surface area contributed by atoms with Crippen LogP contribution >= 0.6 is 12.2 Å². The number of amides is 1. The molecule has 4 nitrogen and oxygen atoms in total. The first-order valence-electron chi connectivity index (χ1n) is 7.14. The molecular weight excluding hydrogens is 258 g/mol. The third kappa shape index (κ3) is 5.87. The van der Waals surface area contributed by atoms with Gasteiger partial charge >= 0.3 is 0 Å². The van der Waals surface area contributed by atoms with Crippen molar-refractivity contribution in [2.24, 2.45) is 17.6 Å². The van der Waals surface area contributed by atoms with E-state index in [1.807, 2.05) is 7.05 Å². The van der Waals surface area contributed by atoms with Crippen LogP contribution in [0.15, 0.2) is 0 Å². The Morgan fingerprint density at radius 1 is 1.37 bits per heavy atom. The molecule has 0 aromatic heterocycles. The molecule has 1 saturated heterocycles. The Bertz CT molecular complexity index is 322. The molecule has 0 saturated carbocycles. The molecule has 1 fully saturated rings. The number of hydrogen-bond acceptors (Lipinski definition) is 3.